The molecule has 0 unspecified atom stereocenters. The highest BCUT2D eigenvalue weighted by atomic mass is 16.6. The van der Waals surface area contributed by atoms with Gasteiger partial charge in [-0.1, -0.05) is 0 Å². The monoisotopic (exact) mass is 132 g/mol. The van der Waals surface area contributed by atoms with Gasteiger partial charge < -0.3 is 4.74 Å². The predicted molar refractivity (Wildman–Crippen MR) is 30.5 cm³/mol. The summed E-state index contributed by atoms with van der Waals surface area (Å²) in [5, 5.41) is 2.11. The summed E-state index contributed by atoms with van der Waals surface area (Å²) in [6, 6.07) is 0. The topological polar surface area (TPSA) is 67.8 Å². The van der Waals surface area contributed by atoms with Crippen LogP contribution in [0.3, 0.4) is 0 Å². The zero-order valence-corrected chi connectivity index (χ0v) is 5.25. The van der Waals surface area contributed by atoms with Crippen molar-refractivity contribution < 1.29 is 9.53 Å². The first-order chi connectivity index (χ1) is 4.16. The van der Waals surface area contributed by atoms with Crippen molar-refractivity contribution >= 4 is 6.09 Å². The number of carbonyl (C=O) groups is 1. The van der Waals surface area contributed by atoms with Crippen LogP contribution in [0.2, 0.25) is 0 Å². The van der Waals surface area contributed by atoms with Crippen LogP contribution >= 0.6 is 0 Å². The minimum absolute atomic E-state index is 0.230. The molecule has 9 heavy (non-hydrogen) atoms. The van der Waals surface area contributed by atoms with E-state index in [0.29, 0.717) is 0 Å². The van der Waals surface area contributed by atoms with Crippen LogP contribution in [0.5, 0.6) is 0 Å². The summed E-state index contributed by atoms with van der Waals surface area (Å²) in [5.74, 6) is 0. The standard InChI is InChI=1S/C4H8N2O3/c1-3(2)9-4(7)5-6-8/h3H,1-2H3,(H,5,7,8). The van der Waals surface area contributed by atoms with E-state index in [1.807, 2.05) is 0 Å². The minimum Gasteiger partial charge on any atom is -0.446 e. The third-order valence-electron chi connectivity index (χ3n) is 0.480. The van der Waals surface area contributed by atoms with Gasteiger partial charge in [0.1, 0.15) is 0 Å². The minimum atomic E-state index is -0.819. The Balaban J connectivity index is 3.38. The Morgan fingerprint density at radius 3 is 2.56 bits per heavy atom. The van der Waals surface area contributed by atoms with Crippen molar-refractivity contribution in [3.05, 3.63) is 4.91 Å². The third-order valence-corrected chi connectivity index (χ3v) is 0.480. The maximum absolute atomic E-state index is 10.2. The van der Waals surface area contributed by atoms with Gasteiger partial charge >= 0.3 is 6.09 Å². The second-order valence-corrected chi connectivity index (χ2v) is 1.66. The summed E-state index contributed by atoms with van der Waals surface area (Å²) in [4.78, 5) is 19.6. The van der Waals surface area contributed by atoms with Crippen LogP contribution < -0.4 is 5.43 Å². The van der Waals surface area contributed by atoms with E-state index in [-0.39, 0.29) is 6.10 Å². The maximum atomic E-state index is 10.2. The van der Waals surface area contributed by atoms with Gasteiger partial charge in [0.15, 0.2) is 0 Å². The molecule has 0 aromatic carbocycles. The van der Waals surface area contributed by atoms with Crippen LogP contribution in [0, 0.1) is 4.91 Å². The number of nitroso groups, excluding NO2 is 1. The van der Waals surface area contributed by atoms with E-state index in [9.17, 15) is 9.70 Å². The van der Waals surface area contributed by atoms with E-state index < -0.39 is 6.09 Å². The lowest BCUT2D eigenvalue weighted by Crippen LogP contribution is -2.21. The SMILES string of the molecule is CC(C)OC(=O)NN=O. The molecule has 52 valence electrons. The van der Waals surface area contributed by atoms with Crippen molar-refractivity contribution in [3.63, 3.8) is 0 Å². The molecule has 0 saturated carbocycles. The molecule has 0 aromatic rings. The van der Waals surface area contributed by atoms with Crippen LogP contribution in [0.4, 0.5) is 4.79 Å². The summed E-state index contributed by atoms with van der Waals surface area (Å²) >= 11 is 0. The van der Waals surface area contributed by atoms with Crippen LogP contribution in [0.15, 0.2) is 5.29 Å². The first-order valence-corrected chi connectivity index (χ1v) is 2.45. The lowest BCUT2D eigenvalue weighted by Gasteiger charge is -2.03. The van der Waals surface area contributed by atoms with Gasteiger partial charge in [0, 0.05) is 0 Å². The number of amides is 1. The molecular weight excluding hydrogens is 124 g/mol. The van der Waals surface area contributed by atoms with Crippen LogP contribution in [0.25, 0.3) is 0 Å². The molecular formula is C4H8N2O3. The summed E-state index contributed by atoms with van der Waals surface area (Å²) in [6.45, 7) is 3.34. The van der Waals surface area contributed by atoms with Crippen molar-refractivity contribution in [1.29, 1.82) is 0 Å². The van der Waals surface area contributed by atoms with E-state index in [1.165, 1.54) is 0 Å². The lowest BCUT2D eigenvalue weighted by molar-refractivity contribution is 0.116. The van der Waals surface area contributed by atoms with Gasteiger partial charge in [-0.2, -0.15) is 5.43 Å². The molecule has 0 radical (unpaired) electrons. The molecule has 0 fully saturated rings. The van der Waals surface area contributed by atoms with Gasteiger partial charge in [-0.25, -0.2) is 4.79 Å². The van der Waals surface area contributed by atoms with E-state index in [0.717, 1.165) is 0 Å². The van der Waals surface area contributed by atoms with Crippen molar-refractivity contribution in [3.8, 4) is 0 Å². The number of rotatable bonds is 2. The highest BCUT2D eigenvalue weighted by Gasteiger charge is 2.01. The Kier molecular flexibility index (Phi) is 3.34. The first-order valence-electron chi connectivity index (χ1n) is 2.45. The maximum Gasteiger partial charge on any atom is 0.430 e. The molecule has 0 aliphatic rings. The highest BCUT2D eigenvalue weighted by Crippen LogP contribution is 1.86. The van der Waals surface area contributed by atoms with Gasteiger partial charge in [0.25, 0.3) is 0 Å². The number of hydrogen-bond donors (Lipinski definition) is 1. The van der Waals surface area contributed by atoms with Gasteiger partial charge in [0.2, 0.25) is 0 Å². The number of nitrogens with zero attached hydrogens (tertiary/aromatic N) is 1. The number of nitrogens with one attached hydrogen (secondary N) is 1. The van der Waals surface area contributed by atoms with Crippen molar-refractivity contribution in [2.24, 2.45) is 5.29 Å². The molecule has 0 heterocycles. The fraction of sp³-hybridized carbons (Fsp3) is 0.750. The summed E-state index contributed by atoms with van der Waals surface area (Å²) in [6.07, 6.45) is -1.05. The van der Waals surface area contributed by atoms with Gasteiger partial charge in [-0.3, -0.25) is 0 Å². The second kappa shape index (κ2) is 3.82. The molecule has 0 atom stereocenters. The lowest BCUT2D eigenvalue weighted by atomic mass is 10.5. The fourth-order valence-corrected chi connectivity index (χ4v) is 0.278. The van der Waals surface area contributed by atoms with E-state index in [2.05, 4.69) is 10.0 Å². The molecule has 0 saturated heterocycles. The van der Waals surface area contributed by atoms with E-state index in [4.69, 9.17) is 0 Å². The molecule has 5 heteroatoms. The number of ether oxygens (including phenoxy) is 1. The Morgan fingerprint density at radius 2 is 2.22 bits per heavy atom. The Bertz CT molecular complexity index is 112. The summed E-state index contributed by atoms with van der Waals surface area (Å²) in [7, 11) is 0. The average Bonchev–Trinajstić information content (AvgIpc) is 1.63. The molecule has 0 rings (SSSR count). The molecule has 0 aliphatic heterocycles. The van der Waals surface area contributed by atoms with Crippen LogP contribution in [-0.2, 0) is 4.74 Å². The third kappa shape index (κ3) is 4.73. The van der Waals surface area contributed by atoms with Crippen LogP contribution in [-0.4, -0.2) is 12.2 Å². The van der Waals surface area contributed by atoms with Gasteiger partial charge in [-0.15, -0.1) is 4.91 Å². The first kappa shape index (κ1) is 7.87. The Hall–Kier alpha value is -1.13. The summed E-state index contributed by atoms with van der Waals surface area (Å²) < 4.78 is 4.45. The Morgan fingerprint density at radius 1 is 1.67 bits per heavy atom. The average molecular weight is 132 g/mol. The van der Waals surface area contributed by atoms with E-state index in [1.54, 1.807) is 19.3 Å². The smallest absolute Gasteiger partial charge is 0.430 e. The number of hydrogen-bond acceptors (Lipinski definition) is 4. The molecule has 1 amide bonds. The molecule has 0 aromatic heterocycles. The fourth-order valence-electron chi connectivity index (χ4n) is 0.278. The Labute approximate surface area is 52.3 Å². The molecule has 0 bridgehead atoms. The molecule has 0 aliphatic carbocycles. The highest BCUT2D eigenvalue weighted by molar-refractivity contribution is 5.66. The second-order valence-electron chi connectivity index (χ2n) is 1.66. The zero-order chi connectivity index (χ0) is 7.28. The zero-order valence-electron chi connectivity index (χ0n) is 5.25. The van der Waals surface area contributed by atoms with Crippen molar-refractivity contribution in [2.45, 2.75) is 20.0 Å². The largest absolute Gasteiger partial charge is 0.446 e. The number of carbonyl (C=O) groups excluding carboxylic acids is 1. The van der Waals surface area contributed by atoms with E-state index >= 15 is 0 Å². The molecule has 5 nitrogen and oxygen atoms in total. The normalized spacial score (nSPS) is 8.78. The van der Waals surface area contributed by atoms with Gasteiger partial charge in [0.05, 0.1) is 11.4 Å². The molecule has 1 N–H and O–H groups in total. The predicted octanol–water partition coefficient (Wildman–Crippen LogP) is 0.802. The quantitative estimate of drug-likeness (QED) is 0.446. The van der Waals surface area contributed by atoms with Gasteiger partial charge in [-0.05, 0) is 13.8 Å². The van der Waals surface area contributed by atoms with Crippen molar-refractivity contribution in [1.82, 2.24) is 5.43 Å². The molecule has 0 spiro atoms. The summed E-state index contributed by atoms with van der Waals surface area (Å²) in [5.41, 5.74) is 1.59. The van der Waals surface area contributed by atoms with Crippen molar-refractivity contribution in [2.75, 3.05) is 0 Å². The van der Waals surface area contributed by atoms with Crippen LogP contribution in [0.1, 0.15) is 13.8 Å².